The van der Waals surface area contributed by atoms with Gasteiger partial charge in [-0.2, -0.15) is 0 Å². The first-order valence-corrected chi connectivity index (χ1v) is 8.26. The van der Waals surface area contributed by atoms with Crippen molar-refractivity contribution >= 4 is 28.6 Å². The monoisotopic (exact) mass is 299 g/mol. The smallest absolute Gasteiger partial charge is 0.277 e. The molecule has 5 heteroatoms. The van der Waals surface area contributed by atoms with E-state index >= 15 is 0 Å². The average Bonchev–Trinajstić information content (AvgIpc) is 3.24. The molecular formula is C16H17N3OS. The van der Waals surface area contributed by atoms with Gasteiger partial charge in [0.25, 0.3) is 5.91 Å². The van der Waals surface area contributed by atoms with Crippen LogP contribution in [0.4, 0.5) is 11.4 Å². The van der Waals surface area contributed by atoms with Gasteiger partial charge in [-0.1, -0.05) is 6.07 Å². The molecule has 2 heterocycles. The van der Waals surface area contributed by atoms with Crippen LogP contribution >= 0.6 is 11.3 Å². The third-order valence-electron chi connectivity index (χ3n) is 4.20. The first kappa shape index (κ1) is 12.8. The summed E-state index contributed by atoms with van der Waals surface area (Å²) in [5.74, 6) is 0.602. The van der Waals surface area contributed by atoms with Crippen LogP contribution in [-0.2, 0) is 6.42 Å². The van der Waals surface area contributed by atoms with Crippen LogP contribution in [0.5, 0.6) is 0 Å². The minimum absolute atomic E-state index is 0.00435. The normalized spacial score (nSPS) is 17.6. The SMILES string of the molecule is Nc1cccc2c1CCCN2C(=O)c1csc(C2CC2)n1. The molecule has 0 radical (unpaired) electrons. The lowest BCUT2D eigenvalue weighted by Crippen LogP contribution is -2.36. The Bertz CT molecular complexity index is 705. The lowest BCUT2D eigenvalue weighted by molar-refractivity contribution is 0.0981. The third kappa shape index (κ3) is 2.21. The summed E-state index contributed by atoms with van der Waals surface area (Å²) in [6, 6.07) is 5.80. The van der Waals surface area contributed by atoms with E-state index in [0.717, 1.165) is 41.3 Å². The van der Waals surface area contributed by atoms with Gasteiger partial charge in [0.2, 0.25) is 0 Å². The van der Waals surface area contributed by atoms with Gasteiger partial charge in [-0.3, -0.25) is 4.79 Å². The summed E-state index contributed by atoms with van der Waals surface area (Å²) >= 11 is 1.61. The first-order chi connectivity index (χ1) is 10.2. The molecule has 1 amide bonds. The zero-order chi connectivity index (χ0) is 14.4. The molecule has 21 heavy (non-hydrogen) atoms. The molecule has 1 aromatic carbocycles. The molecule has 1 aromatic heterocycles. The molecule has 108 valence electrons. The van der Waals surface area contributed by atoms with Gasteiger partial charge in [0.1, 0.15) is 5.69 Å². The third-order valence-corrected chi connectivity index (χ3v) is 5.21. The van der Waals surface area contributed by atoms with Crippen LogP contribution in [0.1, 0.15) is 46.2 Å². The number of nitrogens with two attached hydrogens (primary N) is 1. The van der Waals surface area contributed by atoms with E-state index in [0.29, 0.717) is 11.6 Å². The topological polar surface area (TPSA) is 59.2 Å². The molecule has 1 aliphatic heterocycles. The Morgan fingerprint density at radius 3 is 3.05 bits per heavy atom. The number of thiazole rings is 1. The second kappa shape index (κ2) is 4.84. The molecule has 0 unspecified atom stereocenters. The van der Waals surface area contributed by atoms with E-state index < -0.39 is 0 Å². The van der Waals surface area contributed by atoms with Crippen LogP contribution in [-0.4, -0.2) is 17.4 Å². The standard InChI is InChI=1S/C16H17N3OS/c17-12-4-1-5-14-11(12)3-2-8-19(14)16(20)13-9-21-15(18-13)10-6-7-10/h1,4-5,9-10H,2-3,6-8,17H2. The minimum atomic E-state index is 0.00435. The quantitative estimate of drug-likeness (QED) is 0.866. The highest BCUT2D eigenvalue weighted by molar-refractivity contribution is 7.10. The van der Waals surface area contributed by atoms with Crippen molar-refractivity contribution in [3.8, 4) is 0 Å². The Morgan fingerprint density at radius 2 is 2.24 bits per heavy atom. The van der Waals surface area contributed by atoms with E-state index in [4.69, 9.17) is 5.73 Å². The summed E-state index contributed by atoms with van der Waals surface area (Å²) in [5, 5.41) is 3.01. The van der Waals surface area contributed by atoms with Gasteiger partial charge in [0, 0.05) is 29.2 Å². The van der Waals surface area contributed by atoms with Gasteiger partial charge in [-0.15, -0.1) is 11.3 Å². The van der Waals surface area contributed by atoms with E-state index in [9.17, 15) is 4.79 Å². The second-order valence-corrected chi connectivity index (χ2v) is 6.64. The molecular weight excluding hydrogens is 282 g/mol. The molecule has 0 spiro atoms. The summed E-state index contributed by atoms with van der Waals surface area (Å²) in [7, 11) is 0. The highest BCUT2D eigenvalue weighted by Gasteiger charge is 2.30. The lowest BCUT2D eigenvalue weighted by atomic mass is 9.99. The number of anilines is 2. The van der Waals surface area contributed by atoms with Gasteiger partial charge < -0.3 is 10.6 Å². The Hall–Kier alpha value is -1.88. The summed E-state index contributed by atoms with van der Waals surface area (Å²) in [6.07, 6.45) is 4.32. The van der Waals surface area contributed by atoms with Crippen molar-refractivity contribution in [1.82, 2.24) is 4.98 Å². The molecule has 0 bridgehead atoms. The number of fused-ring (bicyclic) bond motifs is 1. The summed E-state index contributed by atoms with van der Waals surface area (Å²) in [6.45, 7) is 0.742. The van der Waals surface area contributed by atoms with Gasteiger partial charge in [-0.25, -0.2) is 4.98 Å². The highest BCUT2D eigenvalue weighted by Crippen LogP contribution is 2.41. The van der Waals surface area contributed by atoms with E-state index in [-0.39, 0.29) is 5.91 Å². The molecule has 2 N–H and O–H groups in total. The molecule has 0 atom stereocenters. The van der Waals surface area contributed by atoms with Crippen molar-refractivity contribution in [2.24, 2.45) is 0 Å². The predicted octanol–water partition coefficient (Wildman–Crippen LogP) is 3.20. The molecule has 4 nitrogen and oxygen atoms in total. The number of hydrogen-bond acceptors (Lipinski definition) is 4. The van der Waals surface area contributed by atoms with E-state index in [2.05, 4.69) is 4.98 Å². The molecule has 4 rings (SSSR count). The molecule has 0 saturated heterocycles. The van der Waals surface area contributed by atoms with Crippen LogP contribution in [0.15, 0.2) is 23.6 Å². The fraction of sp³-hybridized carbons (Fsp3) is 0.375. The zero-order valence-electron chi connectivity index (χ0n) is 11.7. The predicted molar refractivity (Wildman–Crippen MR) is 84.9 cm³/mol. The second-order valence-electron chi connectivity index (χ2n) is 5.75. The number of benzene rings is 1. The first-order valence-electron chi connectivity index (χ1n) is 7.38. The molecule has 1 aliphatic carbocycles. The van der Waals surface area contributed by atoms with Gasteiger partial charge in [-0.05, 0) is 43.4 Å². The molecule has 1 fully saturated rings. The van der Waals surface area contributed by atoms with Crippen molar-refractivity contribution in [2.75, 3.05) is 17.2 Å². The van der Waals surface area contributed by atoms with Gasteiger partial charge in [0.05, 0.1) is 5.01 Å². The van der Waals surface area contributed by atoms with Crippen molar-refractivity contribution in [2.45, 2.75) is 31.6 Å². The number of nitrogens with zero attached hydrogens (tertiary/aromatic N) is 2. The fourth-order valence-corrected chi connectivity index (χ4v) is 3.87. The summed E-state index contributed by atoms with van der Waals surface area (Å²) < 4.78 is 0. The highest BCUT2D eigenvalue weighted by atomic mass is 32.1. The number of amides is 1. The molecule has 1 saturated carbocycles. The maximum atomic E-state index is 12.8. The number of carbonyl (C=O) groups is 1. The maximum Gasteiger partial charge on any atom is 0.277 e. The average molecular weight is 299 g/mol. The molecule has 2 aromatic rings. The van der Waals surface area contributed by atoms with Gasteiger partial charge in [0.15, 0.2) is 0 Å². The van der Waals surface area contributed by atoms with Crippen molar-refractivity contribution in [3.05, 3.63) is 39.8 Å². The summed E-state index contributed by atoms with van der Waals surface area (Å²) in [5.41, 5.74) is 9.45. The van der Waals surface area contributed by atoms with Gasteiger partial charge >= 0.3 is 0 Å². The Kier molecular flexibility index (Phi) is 2.96. The van der Waals surface area contributed by atoms with E-state index in [1.807, 2.05) is 28.5 Å². The summed E-state index contributed by atoms with van der Waals surface area (Å²) in [4.78, 5) is 19.1. The maximum absolute atomic E-state index is 12.8. The number of aromatic nitrogens is 1. The van der Waals surface area contributed by atoms with Crippen LogP contribution in [0.2, 0.25) is 0 Å². The lowest BCUT2D eigenvalue weighted by Gasteiger charge is -2.29. The molecule has 2 aliphatic rings. The van der Waals surface area contributed by atoms with E-state index in [1.54, 1.807) is 11.3 Å². The largest absolute Gasteiger partial charge is 0.398 e. The van der Waals surface area contributed by atoms with Crippen LogP contribution in [0.25, 0.3) is 0 Å². The Labute approximate surface area is 127 Å². The number of carbonyl (C=O) groups excluding carboxylic acids is 1. The van der Waals surface area contributed by atoms with Crippen molar-refractivity contribution in [1.29, 1.82) is 0 Å². The number of nitrogen functional groups attached to an aromatic ring is 1. The fourth-order valence-electron chi connectivity index (χ4n) is 2.90. The number of rotatable bonds is 2. The van der Waals surface area contributed by atoms with Crippen LogP contribution in [0.3, 0.4) is 0 Å². The van der Waals surface area contributed by atoms with E-state index in [1.165, 1.54) is 12.8 Å². The minimum Gasteiger partial charge on any atom is -0.398 e. The Balaban J connectivity index is 1.67. The van der Waals surface area contributed by atoms with Crippen molar-refractivity contribution < 1.29 is 4.79 Å². The van der Waals surface area contributed by atoms with Crippen LogP contribution < -0.4 is 10.6 Å². The van der Waals surface area contributed by atoms with Crippen LogP contribution in [0, 0.1) is 0 Å². The number of hydrogen-bond donors (Lipinski definition) is 1. The zero-order valence-corrected chi connectivity index (χ0v) is 12.5. The Morgan fingerprint density at radius 1 is 1.38 bits per heavy atom. The van der Waals surface area contributed by atoms with Crippen molar-refractivity contribution in [3.63, 3.8) is 0 Å².